The standard InChI is InChI=1S/C13H16N4O/c1-9(18)16-12-4-5-17(8-12)13-3-2-11(15)6-10(13)7-14/h2-3,6,12H,4-5,8,15H2,1H3,(H,16,18). The number of anilines is 2. The molecule has 2 rings (SSSR count). The second-order valence-electron chi connectivity index (χ2n) is 4.52. The summed E-state index contributed by atoms with van der Waals surface area (Å²) in [4.78, 5) is 13.1. The minimum Gasteiger partial charge on any atom is -0.399 e. The highest BCUT2D eigenvalue weighted by atomic mass is 16.1. The van der Waals surface area contributed by atoms with Gasteiger partial charge in [0, 0.05) is 31.7 Å². The van der Waals surface area contributed by atoms with Crippen LogP contribution in [0.1, 0.15) is 18.9 Å². The third-order valence-electron chi connectivity index (χ3n) is 3.08. The summed E-state index contributed by atoms with van der Waals surface area (Å²) in [7, 11) is 0. The molecular formula is C13H16N4O. The number of nitrogen functional groups attached to an aromatic ring is 1. The fourth-order valence-electron chi connectivity index (χ4n) is 2.30. The van der Waals surface area contributed by atoms with Gasteiger partial charge in [-0.25, -0.2) is 0 Å². The van der Waals surface area contributed by atoms with E-state index in [1.54, 1.807) is 12.1 Å². The Morgan fingerprint density at radius 3 is 3.06 bits per heavy atom. The number of benzene rings is 1. The average molecular weight is 244 g/mol. The zero-order valence-corrected chi connectivity index (χ0v) is 10.3. The highest BCUT2D eigenvalue weighted by molar-refractivity contribution is 5.73. The van der Waals surface area contributed by atoms with Crippen molar-refractivity contribution in [3.05, 3.63) is 23.8 Å². The molecule has 0 bridgehead atoms. The number of carbonyl (C=O) groups excluding carboxylic acids is 1. The van der Waals surface area contributed by atoms with E-state index >= 15 is 0 Å². The summed E-state index contributed by atoms with van der Waals surface area (Å²) < 4.78 is 0. The fraction of sp³-hybridized carbons (Fsp3) is 0.385. The molecule has 1 unspecified atom stereocenters. The van der Waals surface area contributed by atoms with E-state index in [-0.39, 0.29) is 11.9 Å². The maximum atomic E-state index is 11.0. The van der Waals surface area contributed by atoms with Gasteiger partial charge in [-0.3, -0.25) is 4.79 Å². The van der Waals surface area contributed by atoms with E-state index < -0.39 is 0 Å². The van der Waals surface area contributed by atoms with Crippen LogP contribution in [0.15, 0.2) is 18.2 Å². The number of amides is 1. The lowest BCUT2D eigenvalue weighted by Gasteiger charge is -2.20. The molecule has 3 N–H and O–H groups in total. The third-order valence-corrected chi connectivity index (χ3v) is 3.08. The van der Waals surface area contributed by atoms with E-state index in [0.29, 0.717) is 11.3 Å². The van der Waals surface area contributed by atoms with Crippen molar-refractivity contribution in [2.45, 2.75) is 19.4 Å². The molecular weight excluding hydrogens is 228 g/mol. The molecule has 5 nitrogen and oxygen atoms in total. The molecule has 1 aromatic carbocycles. The van der Waals surface area contributed by atoms with E-state index in [1.807, 2.05) is 6.07 Å². The summed E-state index contributed by atoms with van der Waals surface area (Å²) in [6, 6.07) is 7.66. The van der Waals surface area contributed by atoms with E-state index in [4.69, 9.17) is 11.0 Å². The number of hydrogen-bond acceptors (Lipinski definition) is 4. The lowest BCUT2D eigenvalue weighted by atomic mass is 10.1. The molecule has 0 aliphatic carbocycles. The van der Waals surface area contributed by atoms with Crippen LogP contribution < -0.4 is 16.0 Å². The Balaban J connectivity index is 2.14. The molecule has 18 heavy (non-hydrogen) atoms. The van der Waals surface area contributed by atoms with Crippen molar-refractivity contribution < 1.29 is 4.79 Å². The van der Waals surface area contributed by atoms with Gasteiger partial charge >= 0.3 is 0 Å². The van der Waals surface area contributed by atoms with E-state index in [2.05, 4.69) is 16.3 Å². The minimum absolute atomic E-state index is 0.0142. The Hall–Kier alpha value is -2.22. The predicted molar refractivity (Wildman–Crippen MR) is 70.0 cm³/mol. The van der Waals surface area contributed by atoms with Gasteiger partial charge in [0.1, 0.15) is 6.07 Å². The first-order valence-corrected chi connectivity index (χ1v) is 5.92. The first-order valence-electron chi connectivity index (χ1n) is 5.92. The summed E-state index contributed by atoms with van der Waals surface area (Å²) in [5.74, 6) is -0.0142. The third kappa shape index (κ3) is 2.54. The Bertz CT molecular complexity index is 506. The van der Waals surface area contributed by atoms with Crippen molar-refractivity contribution in [3.63, 3.8) is 0 Å². The number of carbonyl (C=O) groups is 1. The smallest absolute Gasteiger partial charge is 0.217 e. The number of nitrogens with one attached hydrogen (secondary N) is 1. The first-order chi connectivity index (χ1) is 8.60. The largest absolute Gasteiger partial charge is 0.399 e. The lowest BCUT2D eigenvalue weighted by molar-refractivity contribution is -0.119. The average Bonchev–Trinajstić information content (AvgIpc) is 2.76. The van der Waals surface area contributed by atoms with Crippen molar-refractivity contribution >= 4 is 17.3 Å². The number of hydrogen-bond donors (Lipinski definition) is 2. The van der Waals surface area contributed by atoms with E-state index in [1.165, 1.54) is 6.92 Å². The van der Waals surface area contributed by atoms with Crippen LogP contribution in [0.2, 0.25) is 0 Å². The number of rotatable bonds is 2. The molecule has 1 aromatic rings. The maximum Gasteiger partial charge on any atom is 0.217 e. The molecule has 1 amide bonds. The van der Waals surface area contributed by atoms with Gasteiger partial charge in [-0.15, -0.1) is 0 Å². The summed E-state index contributed by atoms with van der Waals surface area (Å²) in [6.07, 6.45) is 0.898. The fourth-order valence-corrected chi connectivity index (χ4v) is 2.30. The van der Waals surface area contributed by atoms with Gasteiger partial charge in [0.2, 0.25) is 5.91 Å². The molecule has 1 atom stereocenters. The zero-order chi connectivity index (χ0) is 13.1. The highest BCUT2D eigenvalue weighted by Gasteiger charge is 2.24. The second-order valence-corrected chi connectivity index (χ2v) is 4.52. The van der Waals surface area contributed by atoms with Gasteiger partial charge < -0.3 is 16.0 Å². The molecule has 1 fully saturated rings. The van der Waals surface area contributed by atoms with Crippen LogP contribution in [0.25, 0.3) is 0 Å². The second kappa shape index (κ2) is 4.96. The normalized spacial score (nSPS) is 18.4. The van der Waals surface area contributed by atoms with Crippen molar-refractivity contribution in [1.29, 1.82) is 5.26 Å². The van der Waals surface area contributed by atoms with E-state index in [9.17, 15) is 4.79 Å². The summed E-state index contributed by atoms with van der Waals surface area (Å²) >= 11 is 0. The Morgan fingerprint density at radius 1 is 1.61 bits per heavy atom. The predicted octanol–water partition coefficient (Wildman–Crippen LogP) is 0.855. The molecule has 5 heteroatoms. The zero-order valence-electron chi connectivity index (χ0n) is 10.3. The molecule has 1 aliphatic rings. The Morgan fingerprint density at radius 2 is 2.39 bits per heavy atom. The molecule has 0 radical (unpaired) electrons. The summed E-state index contributed by atoms with van der Waals surface area (Å²) in [6.45, 7) is 3.09. The molecule has 0 spiro atoms. The highest BCUT2D eigenvalue weighted by Crippen LogP contribution is 2.26. The molecule has 1 heterocycles. The molecule has 94 valence electrons. The van der Waals surface area contributed by atoms with Crippen LogP contribution in [0.3, 0.4) is 0 Å². The topological polar surface area (TPSA) is 82.2 Å². The van der Waals surface area contributed by atoms with Crippen LogP contribution in [0, 0.1) is 11.3 Å². The van der Waals surface area contributed by atoms with E-state index in [0.717, 1.165) is 25.2 Å². The van der Waals surface area contributed by atoms with Crippen molar-refractivity contribution in [2.24, 2.45) is 0 Å². The van der Waals surface area contributed by atoms with Crippen LogP contribution >= 0.6 is 0 Å². The molecule has 0 aromatic heterocycles. The lowest BCUT2D eigenvalue weighted by Crippen LogP contribution is -2.35. The van der Waals surface area contributed by atoms with Crippen molar-refractivity contribution in [1.82, 2.24) is 5.32 Å². The molecule has 0 saturated carbocycles. The van der Waals surface area contributed by atoms with Crippen LogP contribution in [0.4, 0.5) is 11.4 Å². The SMILES string of the molecule is CC(=O)NC1CCN(c2ccc(N)cc2C#N)C1. The van der Waals surface area contributed by atoms with Gasteiger partial charge in [0.05, 0.1) is 11.3 Å². The number of nitrogens with zero attached hydrogens (tertiary/aromatic N) is 2. The van der Waals surface area contributed by atoms with Crippen molar-refractivity contribution in [3.8, 4) is 6.07 Å². The van der Waals surface area contributed by atoms with Crippen LogP contribution in [-0.4, -0.2) is 25.0 Å². The minimum atomic E-state index is -0.0142. The van der Waals surface area contributed by atoms with Gasteiger partial charge in [-0.05, 0) is 24.6 Å². The Labute approximate surface area is 106 Å². The van der Waals surface area contributed by atoms with Gasteiger partial charge in [0.25, 0.3) is 0 Å². The number of nitriles is 1. The van der Waals surface area contributed by atoms with Gasteiger partial charge in [0.15, 0.2) is 0 Å². The first kappa shape index (κ1) is 12.2. The summed E-state index contributed by atoms with van der Waals surface area (Å²) in [5, 5.41) is 12.0. The Kier molecular flexibility index (Phi) is 3.38. The monoisotopic (exact) mass is 244 g/mol. The van der Waals surface area contributed by atoms with Gasteiger partial charge in [-0.2, -0.15) is 5.26 Å². The quantitative estimate of drug-likeness (QED) is 0.756. The maximum absolute atomic E-state index is 11.0. The van der Waals surface area contributed by atoms with Crippen LogP contribution in [-0.2, 0) is 4.79 Å². The van der Waals surface area contributed by atoms with Gasteiger partial charge in [-0.1, -0.05) is 0 Å². The molecule has 1 saturated heterocycles. The number of nitrogens with two attached hydrogens (primary N) is 1. The summed E-state index contributed by atoms with van der Waals surface area (Å²) in [5.41, 5.74) is 7.73. The van der Waals surface area contributed by atoms with Crippen molar-refractivity contribution in [2.75, 3.05) is 23.7 Å². The van der Waals surface area contributed by atoms with Crippen LogP contribution in [0.5, 0.6) is 0 Å². The molecule has 1 aliphatic heterocycles.